The van der Waals surface area contributed by atoms with Crippen molar-refractivity contribution in [3.05, 3.63) is 0 Å². The molecule has 2 aliphatic rings. The molecular formula is C14H28N2O. The standard InChI is InChI=1S/C14H28N2O/c1-13(2)6-8-16(10-13)9-7-14(3,11-17)15-12-4-5-12/h12,15,17H,4-11H2,1-3H3. The van der Waals surface area contributed by atoms with E-state index < -0.39 is 0 Å². The van der Waals surface area contributed by atoms with Gasteiger partial charge in [0, 0.05) is 18.1 Å². The van der Waals surface area contributed by atoms with E-state index in [-0.39, 0.29) is 12.1 Å². The highest BCUT2D eigenvalue weighted by atomic mass is 16.3. The molecule has 1 aliphatic heterocycles. The van der Waals surface area contributed by atoms with Crippen molar-refractivity contribution < 1.29 is 5.11 Å². The zero-order valence-electron chi connectivity index (χ0n) is 11.6. The van der Waals surface area contributed by atoms with Crippen LogP contribution < -0.4 is 5.32 Å². The van der Waals surface area contributed by atoms with Gasteiger partial charge in [-0.1, -0.05) is 13.8 Å². The first-order chi connectivity index (χ1) is 7.92. The molecule has 3 heteroatoms. The van der Waals surface area contributed by atoms with Crippen LogP contribution in [0.2, 0.25) is 0 Å². The second-order valence-electron chi connectivity index (χ2n) is 7.08. The van der Waals surface area contributed by atoms with Gasteiger partial charge in [-0.2, -0.15) is 0 Å². The first-order valence-corrected chi connectivity index (χ1v) is 7.03. The minimum atomic E-state index is -0.0755. The van der Waals surface area contributed by atoms with E-state index in [1.165, 1.54) is 32.4 Å². The van der Waals surface area contributed by atoms with Gasteiger partial charge < -0.3 is 15.3 Å². The van der Waals surface area contributed by atoms with Crippen LogP contribution in [0.5, 0.6) is 0 Å². The van der Waals surface area contributed by atoms with Gasteiger partial charge in [-0.05, 0) is 51.1 Å². The fourth-order valence-corrected chi connectivity index (χ4v) is 2.74. The number of rotatable bonds is 6. The Morgan fingerprint density at radius 3 is 2.59 bits per heavy atom. The Bertz CT molecular complexity index is 263. The lowest BCUT2D eigenvalue weighted by Crippen LogP contribution is -2.49. The van der Waals surface area contributed by atoms with Crippen molar-refractivity contribution in [1.29, 1.82) is 0 Å². The first kappa shape index (κ1) is 13.3. The van der Waals surface area contributed by atoms with Gasteiger partial charge in [-0.3, -0.25) is 0 Å². The molecular weight excluding hydrogens is 212 g/mol. The van der Waals surface area contributed by atoms with Crippen molar-refractivity contribution >= 4 is 0 Å². The highest BCUT2D eigenvalue weighted by Gasteiger charge is 2.34. The number of hydrogen-bond acceptors (Lipinski definition) is 3. The van der Waals surface area contributed by atoms with Crippen molar-refractivity contribution in [3.8, 4) is 0 Å². The summed E-state index contributed by atoms with van der Waals surface area (Å²) in [6.07, 6.45) is 4.92. The van der Waals surface area contributed by atoms with E-state index in [1.807, 2.05) is 0 Å². The highest BCUT2D eigenvalue weighted by Crippen LogP contribution is 2.30. The fraction of sp³-hybridized carbons (Fsp3) is 1.00. The molecule has 0 aromatic carbocycles. The number of nitrogens with zero attached hydrogens (tertiary/aromatic N) is 1. The smallest absolute Gasteiger partial charge is 0.0611 e. The van der Waals surface area contributed by atoms with Crippen LogP contribution in [0.1, 0.15) is 46.5 Å². The van der Waals surface area contributed by atoms with Crippen LogP contribution in [0.25, 0.3) is 0 Å². The van der Waals surface area contributed by atoms with E-state index in [4.69, 9.17) is 0 Å². The van der Waals surface area contributed by atoms with E-state index >= 15 is 0 Å². The quantitative estimate of drug-likeness (QED) is 0.740. The third kappa shape index (κ3) is 3.94. The zero-order valence-corrected chi connectivity index (χ0v) is 11.6. The average molecular weight is 240 g/mol. The summed E-state index contributed by atoms with van der Waals surface area (Å²) in [7, 11) is 0. The fourth-order valence-electron chi connectivity index (χ4n) is 2.74. The van der Waals surface area contributed by atoms with Crippen molar-refractivity contribution in [2.75, 3.05) is 26.2 Å². The molecule has 100 valence electrons. The largest absolute Gasteiger partial charge is 0.394 e. The average Bonchev–Trinajstić information content (AvgIpc) is 2.99. The number of aliphatic hydroxyl groups is 1. The normalized spacial score (nSPS) is 28.2. The molecule has 1 atom stereocenters. The van der Waals surface area contributed by atoms with E-state index in [2.05, 4.69) is 31.0 Å². The number of aliphatic hydroxyl groups excluding tert-OH is 1. The molecule has 1 aliphatic carbocycles. The van der Waals surface area contributed by atoms with Gasteiger partial charge in [0.2, 0.25) is 0 Å². The molecule has 0 amide bonds. The van der Waals surface area contributed by atoms with Crippen LogP contribution in [-0.4, -0.2) is 47.8 Å². The van der Waals surface area contributed by atoms with Gasteiger partial charge in [0.05, 0.1) is 6.61 Å². The van der Waals surface area contributed by atoms with Crippen molar-refractivity contribution in [3.63, 3.8) is 0 Å². The molecule has 0 aromatic heterocycles. The molecule has 1 heterocycles. The van der Waals surface area contributed by atoms with Gasteiger partial charge in [-0.15, -0.1) is 0 Å². The maximum absolute atomic E-state index is 9.56. The van der Waals surface area contributed by atoms with Crippen molar-refractivity contribution in [2.45, 2.75) is 58.0 Å². The minimum Gasteiger partial charge on any atom is -0.394 e. The molecule has 0 spiro atoms. The van der Waals surface area contributed by atoms with Crippen LogP contribution in [0.4, 0.5) is 0 Å². The first-order valence-electron chi connectivity index (χ1n) is 7.03. The lowest BCUT2D eigenvalue weighted by Gasteiger charge is -2.31. The van der Waals surface area contributed by atoms with Crippen LogP contribution in [0, 0.1) is 5.41 Å². The Balaban J connectivity index is 1.75. The molecule has 1 saturated heterocycles. The third-order valence-electron chi connectivity index (χ3n) is 4.22. The van der Waals surface area contributed by atoms with E-state index in [0.29, 0.717) is 11.5 Å². The summed E-state index contributed by atoms with van der Waals surface area (Å²) in [5, 5.41) is 13.1. The lowest BCUT2D eigenvalue weighted by molar-refractivity contribution is 0.147. The molecule has 2 N–H and O–H groups in total. The van der Waals surface area contributed by atoms with Crippen LogP contribution in [0.3, 0.4) is 0 Å². The summed E-state index contributed by atoms with van der Waals surface area (Å²) in [4.78, 5) is 2.54. The predicted molar refractivity (Wildman–Crippen MR) is 71.1 cm³/mol. The predicted octanol–water partition coefficient (Wildman–Crippen LogP) is 1.61. The summed E-state index contributed by atoms with van der Waals surface area (Å²) in [5.41, 5.74) is 0.410. The molecule has 2 fully saturated rings. The SMILES string of the molecule is CC1(C)CCN(CCC(C)(CO)NC2CC2)C1. The Morgan fingerprint density at radius 2 is 2.12 bits per heavy atom. The number of likely N-dealkylation sites (tertiary alicyclic amines) is 1. The monoisotopic (exact) mass is 240 g/mol. The van der Waals surface area contributed by atoms with E-state index in [0.717, 1.165) is 13.0 Å². The Morgan fingerprint density at radius 1 is 1.41 bits per heavy atom. The Labute approximate surface area is 106 Å². The molecule has 0 bridgehead atoms. The van der Waals surface area contributed by atoms with Gasteiger partial charge >= 0.3 is 0 Å². The van der Waals surface area contributed by atoms with Crippen LogP contribution >= 0.6 is 0 Å². The second-order valence-corrected chi connectivity index (χ2v) is 7.08. The molecule has 0 radical (unpaired) electrons. The second kappa shape index (κ2) is 4.87. The summed E-state index contributed by atoms with van der Waals surface area (Å²) >= 11 is 0. The minimum absolute atomic E-state index is 0.0755. The zero-order chi connectivity index (χ0) is 12.5. The van der Waals surface area contributed by atoms with Gasteiger partial charge in [0.15, 0.2) is 0 Å². The maximum Gasteiger partial charge on any atom is 0.0611 e. The van der Waals surface area contributed by atoms with Gasteiger partial charge in [-0.25, -0.2) is 0 Å². The molecule has 17 heavy (non-hydrogen) atoms. The van der Waals surface area contributed by atoms with E-state index in [1.54, 1.807) is 0 Å². The summed E-state index contributed by atoms with van der Waals surface area (Å²) in [6, 6.07) is 0.669. The molecule has 3 nitrogen and oxygen atoms in total. The topological polar surface area (TPSA) is 35.5 Å². The summed E-state index contributed by atoms with van der Waals surface area (Å²) in [5.74, 6) is 0. The van der Waals surface area contributed by atoms with Gasteiger partial charge in [0.25, 0.3) is 0 Å². The Kier molecular flexibility index (Phi) is 3.81. The number of nitrogens with one attached hydrogen (secondary N) is 1. The van der Waals surface area contributed by atoms with Crippen molar-refractivity contribution in [1.82, 2.24) is 10.2 Å². The summed E-state index contributed by atoms with van der Waals surface area (Å²) in [6.45, 7) is 10.6. The molecule has 0 aromatic rings. The highest BCUT2D eigenvalue weighted by molar-refractivity contribution is 4.93. The van der Waals surface area contributed by atoms with Crippen molar-refractivity contribution in [2.24, 2.45) is 5.41 Å². The molecule has 1 saturated carbocycles. The Hall–Kier alpha value is -0.120. The van der Waals surface area contributed by atoms with Crippen LogP contribution in [0.15, 0.2) is 0 Å². The molecule has 2 rings (SSSR count). The third-order valence-corrected chi connectivity index (χ3v) is 4.22. The summed E-state index contributed by atoms with van der Waals surface area (Å²) < 4.78 is 0. The maximum atomic E-state index is 9.56. The van der Waals surface area contributed by atoms with E-state index in [9.17, 15) is 5.11 Å². The molecule has 1 unspecified atom stereocenters. The van der Waals surface area contributed by atoms with Gasteiger partial charge in [0.1, 0.15) is 0 Å². The number of hydrogen-bond donors (Lipinski definition) is 2. The lowest BCUT2D eigenvalue weighted by atomic mass is 9.93. The van der Waals surface area contributed by atoms with Crippen LogP contribution in [-0.2, 0) is 0 Å².